The van der Waals surface area contributed by atoms with E-state index in [1.807, 2.05) is 17.0 Å². The lowest BCUT2D eigenvalue weighted by Crippen LogP contribution is -2.50. The molecule has 2 aliphatic heterocycles. The van der Waals surface area contributed by atoms with Gasteiger partial charge in [-0.05, 0) is 60.2 Å². The van der Waals surface area contributed by atoms with Crippen molar-refractivity contribution < 1.29 is 14.6 Å². The molecule has 176 valence electrons. The number of fused-ring (bicyclic) bond motifs is 3. The second kappa shape index (κ2) is 9.26. The number of hydrogen-bond donors (Lipinski definition) is 2. The summed E-state index contributed by atoms with van der Waals surface area (Å²) in [6.45, 7) is 0.819. The number of likely N-dealkylation sites (N-methyl/N-ethyl adjacent to an activating group) is 1. The van der Waals surface area contributed by atoms with E-state index in [-0.39, 0.29) is 36.7 Å². The van der Waals surface area contributed by atoms with E-state index in [0.29, 0.717) is 0 Å². The number of aliphatic hydroxyl groups excluding tert-OH is 1. The van der Waals surface area contributed by atoms with Gasteiger partial charge < -0.3 is 25.0 Å². The highest BCUT2D eigenvalue weighted by atomic mass is 16.5. The monoisotopic (exact) mass is 449 g/mol. The van der Waals surface area contributed by atoms with Crippen LogP contribution >= 0.6 is 0 Å². The van der Waals surface area contributed by atoms with E-state index in [2.05, 4.69) is 47.6 Å². The second-order valence-corrected chi connectivity index (χ2v) is 9.74. The van der Waals surface area contributed by atoms with Crippen LogP contribution in [0.1, 0.15) is 50.1 Å². The highest BCUT2D eigenvalue weighted by molar-refractivity contribution is 5.78. The van der Waals surface area contributed by atoms with Crippen molar-refractivity contribution in [3.8, 4) is 16.9 Å². The van der Waals surface area contributed by atoms with Gasteiger partial charge in [0.15, 0.2) is 0 Å². The summed E-state index contributed by atoms with van der Waals surface area (Å²) in [4.78, 5) is 17.6. The summed E-state index contributed by atoms with van der Waals surface area (Å²) >= 11 is 0. The molecular formula is C27H35N3O3. The highest BCUT2D eigenvalue weighted by Gasteiger charge is 2.47. The van der Waals surface area contributed by atoms with Crippen molar-refractivity contribution in [2.45, 2.75) is 56.7 Å². The summed E-state index contributed by atoms with van der Waals surface area (Å²) in [5.74, 6) is 1.05. The van der Waals surface area contributed by atoms with Crippen LogP contribution in [0.5, 0.6) is 5.75 Å². The zero-order valence-electron chi connectivity index (χ0n) is 19.7. The third kappa shape index (κ3) is 4.05. The third-order valence-electron chi connectivity index (χ3n) is 7.97. The van der Waals surface area contributed by atoms with Gasteiger partial charge in [0.1, 0.15) is 5.75 Å². The van der Waals surface area contributed by atoms with Gasteiger partial charge in [-0.1, -0.05) is 37.5 Å². The second-order valence-electron chi connectivity index (χ2n) is 9.74. The number of urea groups is 1. The largest absolute Gasteiger partial charge is 0.497 e. The minimum absolute atomic E-state index is 0.0156. The van der Waals surface area contributed by atoms with Crippen molar-refractivity contribution in [1.82, 2.24) is 10.2 Å². The van der Waals surface area contributed by atoms with Crippen molar-refractivity contribution >= 4 is 11.7 Å². The fourth-order valence-electron chi connectivity index (χ4n) is 6.15. The molecule has 2 N–H and O–H groups in total. The van der Waals surface area contributed by atoms with Crippen molar-refractivity contribution in [3.63, 3.8) is 0 Å². The predicted molar refractivity (Wildman–Crippen MR) is 131 cm³/mol. The van der Waals surface area contributed by atoms with Crippen LogP contribution in [-0.2, 0) is 0 Å². The number of methoxy groups -OCH3 is 1. The number of carbonyl (C=O) groups is 1. The standard InChI is InChI=1S/C27H35N3O3/c1-29-24-13-10-19(18-8-11-21(33-2)12-9-18)16-23(24)26-22(25(29)17-31)14-15-30(26)27(32)28-20-6-4-3-5-7-20/h8-13,16,20,22,25-26,31H,3-7,14-15,17H2,1-2H3,(H,28,32)/t22-,25+,26-/m1/s1. The number of anilines is 1. The summed E-state index contributed by atoms with van der Waals surface area (Å²) in [5, 5.41) is 13.6. The number of rotatable bonds is 4. The molecule has 0 radical (unpaired) electrons. The molecule has 2 heterocycles. The molecule has 3 atom stereocenters. The molecule has 2 aromatic carbocycles. The Hall–Kier alpha value is -2.73. The van der Waals surface area contributed by atoms with Crippen molar-refractivity contribution in [3.05, 3.63) is 48.0 Å². The molecule has 5 rings (SSSR count). The van der Waals surface area contributed by atoms with Gasteiger partial charge in [0, 0.05) is 31.2 Å². The predicted octanol–water partition coefficient (Wildman–Crippen LogP) is 4.58. The lowest BCUT2D eigenvalue weighted by Gasteiger charge is -2.44. The third-order valence-corrected chi connectivity index (χ3v) is 7.97. The summed E-state index contributed by atoms with van der Waals surface area (Å²) in [7, 11) is 3.74. The first-order valence-corrected chi connectivity index (χ1v) is 12.3. The van der Waals surface area contributed by atoms with E-state index in [9.17, 15) is 9.90 Å². The number of amides is 2. The Kier molecular flexibility index (Phi) is 6.19. The number of benzene rings is 2. The Morgan fingerprint density at radius 2 is 1.79 bits per heavy atom. The zero-order valence-corrected chi connectivity index (χ0v) is 19.7. The van der Waals surface area contributed by atoms with Crippen LogP contribution in [0.2, 0.25) is 0 Å². The smallest absolute Gasteiger partial charge is 0.318 e. The molecule has 6 heteroatoms. The fourth-order valence-corrected chi connectivity index (χ4v) is 6.15. The summed E-state index contributed by atoms with van der Waals surface area (Å²) < 4.78 is 5.31. The van der Waals surface area contributed by atoms with E-state index in [4.69, 9.17) is 4.74 Å². The average molecular weight is 450 g/mol. The molecule has 0 aromatic heterocycles. The molecule has 2 amide bonds. The van der Waals surface area contributed by atoms with Gasteiger partial charge in [0.2, 0.25) is 0 Å². The maximum absolute atomic E-state index is 13.4. The quantitative estimate of drug-likeness (QED) is 0.717. The van der Waals surface area contributed by atoms with Crippen LogP contribution in [0.15, 0.2) is 42.5 Å². The summed E-state index contributed by atoms with van der Waals surface area (Å²) in [6, 6.07) is 15.0. The van der Waals surface area contributed by atoms with E-state index >= 15 is 0 Å². The molecule has 2 fully saturated rings. The van der Waals surface area contributed by atoms with Gasteiger partial charge in [0.05, 0.1) is 25.8 Å². The van der Waals surface area contributed by atoms with E-state index < -0.39 is 0 Å². The zero-order chi connectivity index (χ0) is 22.9. The summed E-state index contributed by atoms with van der Waals surface area (Å²) in [5.41, 5.74) is 4.53. The van der Waals surface area contributed by atoms with E-state index in [1.54, 1.807) is 7.11 Å². The maximum Gasteiger partial charge on any atom is 0.318 e. The van der Waals surface area contributed by atoms with Crippen LogP contribution in [0.25, 0.3) is 11.1 Å². The molecule has 3 aliphatic rings. The van der Waals surface area contributed by atoms with Crippen molar-refractivity contribution in [1.29, 1.82) is 0 Å². The fraction of sp³-hybridized carbons (Fsp3) is 0.519. The Bertz CT molecular complexity index is 987. The molecule has 0 unspecified atom stereocenters. The maximum atomic E-state index is 13.4. The molecule has 0 spiro atoms. The van der Waals surface area contributed by atoms with Crippen molar-refractivity contribution in [2.24, 2.45) is 5.92 Å². The highest BCUT2D eigenvalue weighted by Crippen LogP contribution is 2.49. The molecule has 1 saturated heterocycles. The SMILES string of the molecule is COc1ccc(-c2ccc3c(c2)[C@H]2[C@H](CCN2C(=O)NC2CCCCC2)[C@H](CO)N3C)cc1. The first-order chi connectivity index (χ1) is 16.1. The van der Waals surface area contributed by atoms with Gasteiger partial charge in [-0.3, -0.25) is 0 Å². The van der Waals surface area contributed by atoms with Crippen molar-refractivity contribution in [2.75, 3.05) is 32.2 Å². The molecule has 6 nitrogen and oxygen atoms in total. The normalized spacial score (nSPS) is 24.9. The minimum Gasteiger partial charge on any atom is -0.497 e. The van der Waals surface area contributed by atoms with Crippen LogP contribution < -0.4 is 15.0 Å². The number of carbonyl (C=O) groups excluding carboxylic acids is 1. The Morgan fingerprint density at radius 3 is 2.48 bits per heavy atom. The van der Waals surface area contributed by atoms with Gasteiger partial charge in [-0.15, -0.1) is 0 Å². The van der Waals surface area contributed by atoms with Crippen LogP contribution in [-0.4, -0.2) is 55.4 Å². The van der Waals surface area contributed by atoms with Gasteiger partial charge in [-0.25, -0.2) is 4.79 Å². The van der Waals surface area contributed by atoms with Gasteiger partial charge >= 0.3 is 6.03 Å². The Morgan fingerprint density at radius 1 is 1.06 bits per heavy atom. The molecule has 1 saturated carbocycles. The lowest BCUT2D eigenvalue weighted by atomic mass is 9.81. The van der Waals surface area contributed by atoms with Crippen LogP contribution in [0, 0.1) is 5.92 Å². The molecule has 33 heavy (non-hydrogen) atoms. The van der Waals surface area contributed by atoms with Crippen LogP contribution in [0.4, 0.5) is 10.5 Å². The Labute approximate surface area is 196 Å². The number of nitrogens with one attached hydrogen (secondary N) is 1. The van der Waals surface area contributed by atoms with Gasteiger partial charge in [-0.2, -0.15) is 0 Å². The Balaban J connectivity index is 1.49. The topological polar surface area (TPSA) is 65.0 Å². The summed E-state index contributed by atoms with van der Waals surface area (Å²) in [6.07, 6.45) is 6.73. The van der Waals surface area contributed by atoms with Gasteiger partial charge in [0.25, 0.3) is 0 Å². The number of ether oxygens (including phenoxy) is 1. The number of likely N-dealkylation sites (tertiary alicyclic amines) is 1. The number of nitrogens with zero attached hydrogens (tertiary/aromatic N) is 2. The molecular weight excluding hydrogens is 414 g/mol. The first-order valence-electron chi connectivity index (χ1n) is 12.3. The molecule has 0 bridgehead atoms. The molecule has 2 aromatic rings. The number of hydrogen-bond acceptors (Lipinski definition) is 4. The van der Waals surface area contributed by atoms with Crippen LogP contribution in [0.3, 0.4) is 0 Å². The number of aliphatic hydroxyl groups is 1. The van der Waals surface area contributed by atoms with E-state index in [0.717, 1.165) is 48.4 Å². The average Bonchev–Trinajstić information content (AvgIpc) is 3.30. The molecule has 1 aliphatic carbocycles. The van der Waals surface area contributed by atoms with E-state index in [1.165, 1.54) is 24.8 Å². The first kappa shape index (κ1) is 22.1. The minimum atomic E-state index is -0.0184. The lowest BCUT2D eigenvalue weighted by molar-refractivity contribution is 0.156.